The molecule has 19 heteroatoms. The van der Waals surface area contributed by atoms with Gasteiger partial charge in [-0.2, -0.15) is 4.31 Å². The van der Waals surface area contributed by atoms with Gasteiger partial charge in [-0.25, -0.2) is 18.2 Å². The van der Waals surface area contributed by atoms with Crippen LogP contribution in [-0.2, 0) is 31.6 Å². The average molecular weight is 498 g/mol. The third-order valence-electron chi connectivity index (χ3n) is 3.40. The van der Waals surface area contributed by atoms with Crippen LogP contribution in [0.15, 0.2) is 15.8 Å². The highest BCUT2D eigenvalue weighted by molar-refractivity contribution is 7.68. The Morgan fingerprint density at radius 3 is 2.33 bits per heavy atom. The smallest absolute Gasteiger partial charge is 0.387 e. The number of phosphoric acid groups is 2. The van der Waals surface area contributed by atoms with E-state index in [1.165, 1.54) is 6.92 Å². The summed E-state index contributed by atoms with van der Waals surface area (Å²) in [5.41, 5.74) is -1.87. The minimum atomic E-state index is -5.87. The van der Waals surface area contributed by atoms with Crippen molar-refractivity contribution in [2.24, 2.45) is 0 Å². The molecule has 0 saturated carbocycles. The molecule has 7 atom stereocenters. The number of nitrogens with one attached hydrogen (secondary N) is 1. The lowest BCUT2D eigenvalue weighted by molar-refractivity contribution is -0.0543. The van der Waals surface area contributed by atoms with Gasteiger partial charge in [0, 0.05) is 18.4 Å². The first kappa shape index (κ1) is 22.2. The van der Waals surface area contributed by atoms with E-state index < -0.39 is 65.6 Å². The van der Waals surface area contributed by atoms with Crippen molar-refractivity contribution >= 4 is 23.2 Å². The second-order valence-corrected chi connectivity index (χ2v) is 11.0. The molecule has 0 amide bonds. The third kappa shape index (κ3) is 6.50. The molecule has 172 valence electrons. The fourth-order valence-corrected chi connectivity index (χ4v) is 5.57. The van der Waals surface area contributed by atoms with Crippen molar-refractivity contribution < 1.29 is 59.2 Å². The molecular weight excluding hydrogens is 477 g/mol. The van der Waals surface area contributed by atoms with Crippen LogP contribution in [0.2, 0.25) is 0 Å². The maximum absolute atomic E-state index is 12.0. The standard InChI is InChI=1S/C11H19N2O14P3/c1-5-3-13(11(17)12-9(5)16)10-8(15)7(14)6(25-10)4-24-29(20,21)27-30(22,23)26-28(2,18)19/h3,6-8,10,14-15H,4H2,1-2H3,(H,18,19)(H,20,21)(H,22,23)(H,12,16,17)/t6-,7?,8+,10-/m0/s1/i4D2. The highest BCUT2D eigenvalue weighted by Crippen LogP contribution is 2.66. The highest BCUT2D eigenvalue weighted by atomic mass is 31.3. The molecule has 0 spiro atoms. The Morgan fingerprint density at radius 2 is 1.77 bits per heavy atom. The maximum atomic E-state index is 12.0. The van der Waals surface area contributed by atoms with Crippen LogP contribution in [-0.4, -0.2) is 66.0 Å². The molecule has 4 unspecified atom stereocenters. The third-order valence-corrected chi connectivity index (χ3v) is 7.43. The number of ether oxygens (including phenoxy) is 1. The number of aromatic amines is 1. The van der Waals surface area contributed by atoms with Gasteiger partial charge in [0.25, 0.3) is 5.56 Å². The molecule has 1 aromatic rings. The molecule has 6 N–H and O–H groups in total. The zero-order valence-electron chi connectivity index (χ0n) is 17.1. The van der Waals surface area contributed by atoms with Gasteiger partial charge >= 0.3 is 28.9 Å². The molecule has 0 aliphatic carbocycles. The predicted octanol–water partition coefficient (Wildman–Crippen LogP) is -1.47. The quantitative estimate of drug-likeness (QED) is 0.224. The van der Waals surface area contributed by atoms with Crippen LogP contribution in [0.1, 0.15) is 14.5 Å². The van der Waals surface area contributed by atoms with Gasteiger partial charge in [-0.05, 0) is 6.92 Å². The number of hydrogen-bond acceptors (Lipinski definition) is 11. The van der Waals surface area contributed by atoms with Gasteiger partial charge in [-0.1, -0.05) is 0 Å². The Morgan fingerprint density at radius 1 is 1.17 bits per heavy atom. The van der Waals surface area contributed by atoms with Gasteiger partial charge in [-0.3, -0.25) is 23.4 Å². The van der Waals surface area contributed by atoms with E-state index in [2.05, 4.69) is 13.1 Å². The largest absolute Gasteiger partial charge is 0.488 e. The fraction of sp³-hybridized carbons (Fsp3) is 0.636. The summed E-state index contributed by atoms with van der Waals surface area (Å²) in [7, 11) is -16.3. The van der Waals surface area contributed by atoms with Crippen molar-refractivity contribution in [1.29, 1.82) is 0 Å². The van der Waals surface area contributed by atoms with Crippen molar-refractivity contribution in [2.75, 3.05) is 13.2 Å². The topological polar surface area (TPSA) is 244 Å². The Hall–Kier alpha value is -0.990. The molecule has 1 fully saturated rings. The van der Waals surface area contributed by atoms with Gasteiger partial charge in [-0.15, -0.1) is 0 Å². The number of nitrogens with zero attached hydrogens (tertiary/aromatic N) is 1. The van der Waals surface area contributed by atoms with Crippen molar-refractivity contribution in [2.45, 2.75) is 31.5 Å². The van der Waals surface area contributed by atoms with Crippen LogP contribution in [0.3, 0.4) is 0 Å². The van der Waals surface area contributed by atoms with Gasteiger partial charge < -0.3 is 29.6 Å². The predicted molar refractivity (Wildman–Crippen MR) is 95.5 cm³/mol. The first-order valence-corrected chi connectivity index (χ1v) is 12.7. The molecular formula is C11H19N2O14P3. The number of hydrogen-bond donors (Lipinski definition) is 6. The van der Waals surface area contributed by atoms with Crippen molar-refractivity contribution in [3.05, 3.63) is 32.6 Å². The van der Waals surface area contributed by atoms with Gasteiger partial charge in [0.05, 0.1) is 9.30 Å². The average Bonchev–Trinajstić information content (AvgIpc) is 2.82. The molecule has 1 aliphatic heterocycles. The summed E-state index contributed by atoms with van der Waals surface area (Å²) >= 11 is 0. The van der Waals surface area contributed by atoms with E-state index in [9.17, 15) is 43.3 Å². The number of H-pyrrole nitrogens is 1. The van der Waals surface area contributed by atoms with E-state index in [0.717, 1.165) is 6.20 Å². The van der Waals surface area contributed by atoms with E-state index in [0.29, 0.717) is 11.2 Å². The normalized spacial score (nSPS) is 31.8. The highest BCUT2D eigenvalue weighted by Gasteiger charge is 2.46. The van der Waals surface area contributed by atoms with E-state index >= 15 is 0 Å². The van der Waals surface area contributed by atoms with Crippen molar-refractivity contribution in [3.8, 4) is 0 Å². The van der Waals surface area contributed by atoms with Crippen LogP contribution in [0.5, 0.6) is 0 Å². The zero-order chi connectivity index (χ0) is 24.9. The number of aliphatic hydroxyl groups excluding tert-OH is 2. The molecule has 1 saturated heterocycles. The molecule has 16 nitrogen and oxygen atoms in total. The van der Waals surface area contributed by atoms with Gasteiger partial charge in [0.2, 0.25) is 0 Å². The first-order valence-electron chi connectivity index (χ1n) is 8.68. The Bertz CT molecular complexity index is 1130. The summed E-state index contributed by atoms with van der Waals surface area (Å²) in [5.74, 6) is 0. The van der Waals surface area contributed by atoms with E-state index in [-0.39, 0.29) is 5.56 Å². The second kappa shape index (κ2) is 8.87. The summed E-state index contributed by atoms with van der Waals surface area (Å²) in [4.78, 5) is 53.1. The van der Waals surface area contributed by atoms with Crippen LogP contribution in [0, 0.1) is 6.92 Å². The van der Waals surface area contributed by atoms with Gasteiger partial charge in [0.15, 0.2) is 6.23 Å². The number of phosphoric ester groups is 1. The van der Waals surface area contributed by atoms with E-state index in [1.807, 2.05) is 4.98 Å². The van der Waals surface area contributed by atoms with Crippen LogP contribution < -0.4 is 11.2 Å². The SMILES string of the molecule is [2H]C([2H])(OP(=O)(O)OP(=O)(O)OP(C)(=O)O)[C@@H]1O[C@H](n2cc(C)c(=O)[nH]c2=O)[C@H](O)C1O. The lowest BCUT2D eigenvalue weighted by atomic mass is 10.1. The van der Waals surface area contributed by atoms with E-state index in [1.54, 1.807) is 0 Å². The molecule has 30 heavy (non-hydrogen) atoms. The first-order chi connectivity index (χ1) is 14.2. The number of aromatic nitrogens is 2. The zero-order valence-corrected chi connectivity index (χ0v) is 17.8. The summed E-state index contributed by atoms with van der Waals surface area (Å²) in [5, 5.41) is 20.3. The molecule has 0 bridgehead atoms. The molecule has 2 heterocycles. The van der Waals surface area contributed by atoms with E-state index in [4.69, 9.17) is 12.4 Å². The summed E-state index contributed by atoms with van der Waals surface area (Å²) < 4.78 is 67.3. The summed E-state index contributed by atoms with van der Waals surface area (Å²) in [6.07, 6.45) is -7.31. The number of aliphatic hydroxyl groups is 2. The minimum Gasteiger partial charge on any atom is -0.387 e. The lowest BCUT2D eigenvalue weighted by Crippen LogP contribution is -2.38. The van der Waals surface area contributed by atoms with Gasteiger partial charge in [0.1, 0.15) is 18.3 Å². The van der Waals surface area contributed by atoms with Crippen LogP contribution in [0.4, 0.5) is 0 Å². The monoisotopic (exact) mass is 498 g/mol. The van der Waals surface area contributed by atoms with Crippen LogP contribution >= 0.6 is 23.2 Å². The molecule has 1 aliphatic rings. The Labute approximate surface area is 170 Å². The maximum Gasteiger partial charge on any atom is 0.488 e. The van der Waals surface area contributed by atoms with Crippen molar-refractivity contribution in [1.82, 2.24) is 9.55 Å². The summed E-state index contributed by atoms with van der Waals surface area (Å²) in [6.45, 7) is -1.77. The summed E-state index contributed by atoms with van der Waals surface area (Å²) in [6, 6.07) is 0. The molecule has 0 aromatic carbocycles. The molecule has 0 radical (unpaired) electrons. The fourth-order valence-electron chi connectivity index (χ4n) is 2.23. The second-order valence-electron chi connectivity index (χ2n) is 6.02. The number of rotatable bonds is 8. The van der Waals surface area contributed by atoms with Crippen molar-refractivity contribution in [3.63, 3.8) is 0 Å². The Balaban J connectivity index is 2.27. The number of aryl methyl sites for hydroxylation is 1. The molecule has 2 rings (SSSR count). The minimum absolute atomic E-state index is 0.0124. The van der Waals surface area contributed by atoms with Crippen LogP contribution in [0.25, 0.3) is 0 Å². The Kier molecular flexibility index (Phi) is 6.56. The lowest BCUT2D eigenvalue weighted by Gasteiger charge is -2.19. The molecule has 1 aromatic heterocycles.